The number of aryl methyl sites for hydroxylation is 1. The van der Waals surface area contributed by atoms with Crippen LogP contribution < -0.4 is 4.72 Å². The van der Waals surface area contributed by atoms with Gasteiger partial charge in [-0.25, -0.2) is 17.6 Å². The zero-order valence-electron chi connectivity index (χ0n) is 23.1. The number of aromatic nitrogens is 2. The molecule has 1 aliphatic rings. The van der Waals surface area contributed by atoms with Crippen LogP contribution in [0.5, 0.6) is 0 Å². The van der Waals surface area contributed by atoms with Crippen molar-refractivity contribution in [3.8, 4) is 6.07 Å². The van der Waals surface area contributed by atoms with E-state index in [1.54, 1.807) is 48.6 Å². The standard InChI is InChI=1S/C28H34FN5O5S/c1-19-9-14-33(15-10-19)26(35)23(12-16-32-13-5-6-20(32)18-30)31-40(37,38)25-21-11-17-34(24(21)8-7-22(25)29)27(36)39-28(2,3)4/h5-8,11,13,17,19,23,31H,9-10,12,14-16H2,1-4H3. The summed E-state index contributed by atoms with van der Waals surface area (Å²) >= 11 is 0. The number of piperidine rings is 1. The summed E-state index contributed by atoms with van der Waals surface area (Å²) in [4.78, 5) is 27.2. The number of rotatable bonds is 7. The average molecular weight is 572 g/mol. The van der Waals surface area contributed by atoms with Crippen molar-refractivity contribution in [2.24, 2.45) is 5.92 Å². The largest absolute Gasteiger partial charge is 0.443 e. The van der Waals surface area contributed by atoms with Gasteiger partial charge in [-0.2, -0.15) is 9.98 Å². The minimum absolute atomic E-state index is 0.0199. The first-order chi connectivity index (χ1) is 18.8. The second-order valence-corrected chi connectivity index (χ2v) is 12.8. The van der Waals surface area contributed by atoms with Crippen molar-refractivity contribution in [1.82, 2.24) is 18.8 Å². The number of amides is 1. The molecule has 1 N–H and O–H groups in total. The van der Waals surface area contributed by atoms with Gasteiger partial charge < -0.3 is 14.2 Å². The van der Waals surface area contributed by atoms with Crippen molar-refractivity contribution >= 4 is 32.9 Å². The normalized spacial score (nSPS) is 15.7. The number of hydrogen-bond acceptors (Lipinski definition) is 6. The number of ether oxygens (including phenoxy) is 1. The summed E-state index contributed by atoms with van der Waals surface area (Å²) in [5.41, 5.74) is -0.273. The van der Waals surface area contributed by atoms with Gasteiger partial charge in [-0.05, 0) is 76.3 Å². The summed E-state index contributed by atoms with van der Waals surface area (Å²) in [5, 5.41) is 9.33. The van der Waals surface area contributed by atoms with E-state index < -0.39 is 44.4 Å². The third-order valence-corrected chi connectivity index (χ3v) is 8.47. The van der Waals surface area contributed by atoms with Gasteiger partial charge >= 0.3 is 6.09 Å². The predicted octanol–water partition coefficient (Wildman–Crippen LogP) is 4.23. The van der Waals surface area contributed by atoms with E-state index >= 15 is 4.39 Å². The van der Waals surface area contributed by atoms with Crippen molar-refractivity contribution < 1.29 is 27.1 Å². The van der Waals surface area contributed by atoms with Crippen LogP contribution in [-0.4, -0.2) is 59.2 Å². The van der Waals surface area contributed by atoms with E-state index in [2.05, 4.69) is 17.7 Å². The monoisotopic (exact) mass is 571 g/mol. The van der Waals surface area contributed by atoms with E-state index in [0.717, 1.165) is 23.5 Å². The molecule has 1 saturated heterocycles. The Morgan fingerprint density at radius 2 is 1.88 bits per heavy atom. The van der Waals surface area contributed by atoms with Gasteiger partial charge in [0, 0.05) is 37.4 Å². The summed E-state index contributed by atoms with van der Waals surface area (Å²) in [7, 11) is -4.58. The van der Waals surface area contributed by atoms with Crippen LogP contribution in [0.4, 0.5) is 9.18 Å². The zero-order chi connectivity index (χ0) is 29.2. The molecule has 0 bridgehead atoms. The third kappa shape index (κ3) is 6.37. The lowest BCUT2D eigenvalue weighted by atomic mass is 9.98. The van der Waals surface area contributed by atoms with Gasteiger partial charge in [-0.15, -0.1) is 0 Å². The SMILES string of the molecule is CC1CCN(C(=O)C(CCn2cccc2C#N)NS(=O)(=O)c2c(F)ccc3c2ccn3C(=O)OC(C)(C)C)CC1. The molecule has 214 valence electrons. The van der Waals surface area contributed by atoms with Gasteiger partial charge in [0.15, 0.2) is 0 Å². The minimum Gasteiger partial charge on any atom is -0.443 e. The Morgan fingerprint density at radius 3 is 2.52 bits per heavy atom. The summed E-state index contributed by atoms with van der Waals surface area (Å²) in [6.07, 6.45) is 3.91. The molecule has 40 heavy (non-hydrogen) atoms. The molecule has 0 aliphatic carbocycles. The lowest BCUT2D eigenvalue weighted by Gasteiger charge is -2.33. The van der Waals surface area contributed by atoms with E-state index in [4.69, 9.17) is 4.74 Å². The molecule has 10 nitrogen and oxygen atoms in total. The molecule has 12 heteroatoms. The van der Waals surface area contributed by atoms with Crippen LogP contribution in [-0.2, 0) is 26.1 Å². The molecule has 0 spiro atoms. The van der Waals surface area contributed by atoms with E-state index in [1.807, 2.05) is 0 Å². The van der Waals surface area contributed by atoms with Gasteiger partial charge in [-0.1, -0.05) is 6.92 Å². The minimum atomic E-state index is -4.58. The van der Waals surface area contributed by atoms with Crippen LogP contribution >= 0.6 is 0 Å². The molecular formula is C28H34FN5O5S. The average Bonchev–Trinajstić information content (AvgIpc) is 3.52. The molecule has 3 aromatic rings. The summed E-state index contributed by atoms with van der Waals surface area (Å²) in [6, 6.07) is 7.79. The van der Waals surface area contributed by atoms with Gasteiger partial charge in [0.1, 0.15) is 34.1 Å². The van der Waals surface area contributed by atoms with Crippen molar-refractivity contribution in [3.05, 3.63) is 54.2 Å². The maximum atomic E-state index is 15.2. The van der Waals surface area contributed by atoms with E-state index in [-0.39, 0.29) is 23.9 Å². The van der Waals surface area contributed by atoms with Crippen molar-refractivity contribution in [2.45, 2.75) is 70.0 Å². The number of benzene rings is 1. The van der Waals surface area contributed by atoms with Gasteiger partial charge in [0.25, 0.3) is 0 Å². The molecule has 2 aromatic heterocycles. The second-order valence-electron chi connectivity index (χ2n) is 11.1. The third-order valence-electron chi connectivity index (χ3n) is 6.93. The summed E-state index contributed by atoms with van der Waals surface area (Å²) < 4.78 is 53.2. The number of sulfonamides is 1. The number of likely N-dealkylation sites (tertiary alicyclic amines) is 1. The first-order valence-corrected chi connectivity index (χ1v) is 14.7. The molecular weight excluding hydrogens is 537 g/mol. The predicted molar refractivity (Wildman–Crippen MR) is 146 cm³/mol. The number of nitrogens with one attached hydrogen (secondary N) is 1. The topological polar surface area (TPSA) is 126 Å². The summed E-state index contributed by atoms with van der Waals surface area (Å²) in [6.45, 7) is 8.38. The number of fused-ring (bicyclic) bond motifs is 1. The highest BCUT2D eigenvalue weighted by Crippen LogP contribution is 2.28. The van der Waals surface area contributed by atoms with Crippen molar-refractivity contribution in [2.75, 3.05) is 13.1 Å². The number of nitrogens with zero attached hydrogens (tertiary/aromatic N) is 4. The quantitative estimate of drug-likeness (QED) is 0.452. The maximum Gasteiger partial charge on any atom is 0.418 e. The zero-order valence-corrected chi connectivity index (χ0v) is 23.9. The fourth-order valence-corrected chi connectivity index (χ4v) is 6.31. The lowest BCUT2D eigenvalue weighted by Crippen LogP contribution is -2.51. The van der Waals surface area contributed by atoms with E-state index in [9.17, 15) is 23.3 Å². The second kappa shape index (κ2) is 11.4. The molecule has 0 radical (unpaired) electrons. The van der Waals surface area contributed by atoms with Gasteiger partial charge in [-0.3, -0.25) is 9.36 Å². The van der Waals surface area contributed by atoms with Crippen LogP contribution in [0.2, 0.25) is 0 Å². The Balaban J connectivity index is 1.67. The summed E-state index contributed by atoms with van der Waals surface area (Å²) in [5.74, 6) is -0.963. The Bertz CT molecular complexity index is 1560. The Kier molecular flexibility index (Phi) is 8.37. The van der Waals surface area contributed by atoms with Crippen molar-refractivity contribution in [1.29, 1.82) is 5.26 Å². The molecule has 1 atom stereocenters. The van der Waals surface area contributed by atoms with Gasteiger partial charge in [0.2, 0.25) is 15.9 Å². The highest BCUT2D eigenvalue weighted by molar-refractivity contribution is 7.89. The maximum absolute atomic E-state index is 15.2. The van der Waals surface area contributed by atoms with Gasteiger partial charge in [0.05, 0.1) is 5.52 Å². The molecule has 4 rings (SSSR count). The number of nitriles is 1. The number of carbonyl (C=O) groups is 2. The van der Waals surface area contributed by atoms with Crippen LogP contribution in [0.15, 0.2) is 47.6 Å². The number of halogens is 1. The van der Waals surface area contributed by atoms with E-state index in [0.29, 0.717) is 24.7 Å². The fourth-order valence-electron chi connectivity index (χ4n) is 4.81. The molecule has 1 aromatic carbocycles. The Hall–Kier alpha value is -3.69. The van der Waals surface area contributed by atoms with Crippen LogP contribution in [0.3, 0.4) is 0 Å². The van der Waals surface area contributed by atoms with Crippen LogP contribution in [0.25, 0.3) is 10.9 Å². The first kappa shape index (κ1) is 29.3. The molecule has 1 unspecified atom stereocenters. The first-order valence-electron chi connectivity index (χ1n) is 13.2. The molecule has 0 saturated carbocycles. The highest BCUT2D eigenvalue weighted by atomic mass is 32.2. The molecule has 1 fully saturated rings. The van der Waals surface area contributed by atoms with Crippen molar-refractivity contribution in [3.63, 3.8) is 0 Å². The molecule has 1 aliphatic heterocycles. The smallest absolute Gasteiger partial charge is 0.418 e. The number of hydrogen-bond donors (Lipinski definition) is 1. The molecule has 1 amide bonds. The molecule has 3 heterocycles. The highest BCUT2D eigenvalue weighted by Gasteiger charge is 2.33. The van der Waals surface area contributed by atoms with E-state index in [1.165, 1.54) is 18.3 Å². The number of carbonyl (C=O) groups excluding carboxylic acids is 2. The Morgan fingerprint density at radius 1 is 1.18 bits per heavy atom. The van der Waals surface area contributed by atoms with Crippen LogP contribution in [0.1, 0.15) is 52.7 Å². The van der Waals surface area contributed by atoms with Crippen LogP contribution in [0, 0.1) is 23.1 Å². The fraction of sp³-hybridized carbons (Fsp3) is 0.464. The lowest BCUT2D eigenvalue weighted by molar-refractivity contribution is -0.134. The Labute approximate surface area is 233 Å².